The van der Waals surface area contributed by atoms with Gasteiger partial charge in [0.15, 0.2) is 0 Å². The SMILES string of the molecule is CCc1cccc2c1CC(N)CN2. The third-order valence-electron chi connectivity index (χ3n) is 2.67. The predicted octanol–water partition coefficient (Wildman–Crippen LogP) is 1.54. The topological polar surface area (TPSA) is 38.0 Å². The highest BCUT2D eigenvalue weighted by molar-refractivity contribution is 5.57. The van der Waals surface area contributed by atoms with Crippen molar-refractivity contribution in [2.75, 3.05) is 11.9 Å². The van der Waals surface area contributed by atoms with Crippen LogP contribution in [-0.4, -0.2) is 12.6 Å². The normalized spacial score (nSPS) is 20.6. The Balaban J connectivity index is 2.41. The van der Waals surface area contributed by atoms with Gasteiger partial charge in [0.05, 0.1) is 0 Å². The molecule has 1 aliphatic heterocycles. The lowest BCUT2D eigenvalue weighted by Gasteiger charge is -2.25. The highest BCUT2D eigenvalue weighted by Gasteiger charge is 2.16. The fraction of sp³-hybridized carbons (Fsp3) is 0.455. The van der Waals surface area contributed by atoms with Crippen LogP contribution in [0.3, 0.4) is 0 Å². The molecule has 70 valence electrons. The maximum atomic E-state index is 5.91. The number of fused-ring (bicyclic) bond motifs is 1. The number of aryl methyl sites for hydroxylation is 1. The molecule has 1 atom stereocenters. The van der Waals surface area contributed by atoms with E-state index in [1.54, 1.807) is 0 Å². The lowest BCUT2D eigenvalue weighted by atomic mass is 9.94. The summed E-state index contributed by atoms with van der Waals surface area (Å²) in [7, 11) is 0. The zero-order chi connectivity index (χ0) is 9.26. The first-order valence-electron chi connectivity index (χ1n) is 4.91. The molecular weight excluding hydrogens is 160 g/mol. The summed E-state index contributed by atoms with van der Waals surface area (Å²) in [5.41, 5.74) is 10.0. The van der Waals surface area contributed by atoms with E-state index in [0.717, 1.165) is 19.4 Å². The van der Waals surface area contributed by atoms with Crippen molar-refractivity contribution >= 4 is 5.69 Å². The van der Waals surface area contributed by atoms with Crippen LogP contribution in [0.1, 0.15) is 18.1 Å². The highest BCUT2D eigenvalue weighted by atomic mass is 14.9. The predicted molar refractivity (Wildman–Crippen MR) is 56.0 cm³/mol. The van der Waals surface area contributed by atoms with Crippen molar-refractivity contribution in [2.24, 2.45) is 5.73 Å². The monoisotopic (exact) mass is 176 g/mol. The van der Waals surface area contributed by atoms with E-state index in [0.29, 0.717) is 0 Å². The van der Waals surface area contributed by atoms with Crippen molar-refractivity contribution in [3.05, 3.63) is 29.3 Å². The first-order chi connectivity index (χ1) is 6.31. The van der Waals surface area contributed by atoms with Gasteiger partial charge in [-0.05, 0) is 30.0 Å². The molecule has 1 unspecified atom stereocenters. The van der Waals surface area contributed by atoms with Gasteiger partial charge in [0.25, 0.3) is 0 Å². The number of anilines is 1. The molecular formula is C11H16N2. The summed E-state index contributed by atoms with van der Waals surface area (Å²) in [5.74, 6) is 0. The zero-order valence-electron chi connectivity index (χ0n) is 8.01. The second kappa shape index (κ2) is 3.38. The van der Waals surface area contributed by atoms with E-state index in [-0.39, 0.29) is 6.04 Å². The number of rotatable bonds is 1. The summed E-state index contributed by atoms with van der Waals surface area (Å²) >= 11 is 0. The van der Waals surface area contributed by atoms with Gasteiger partial charge in [0, 0.05) is 18.3 Å². The number of benzene rings is 1. The first kappa shape index (κ1) is 8.57. The van der Waals surface area contributed by atoms with E-state index < -0.39 is 0 Å². The van der Waals surface area contributed by atoms with Crippen LogP contribution < -0.4 is 11.1 Å². The molecule has 0 amide bonds. The molecule has 0 saturated carbocycles. The van der Waals surface area contributed by atoms with Crippen LogP contribution in [0.15, 0.2) is 18.2 Å². The standard InChI is InChI=1S/C11H16N2/c1-2-8-4-3-5-11-10(8)6-9(12)7-13-11/h3-5,9,13H,2,6-7,12H2,1H3. The third kappa shape index (κ3) is 1.54. The van der Waals surface area contributed by atoms with Gasteiger partial charge in [-0.15, -0.1) is 0 Å². The van der Waals surface area contributed by atoms with E-state index in [9.17, 15) is 0 Å². The van der Waals surface area contributed by atoms with Crippen molar-refractivity contribution in [1.29, 1.82) is 0 Å². The Morgan fingerprint density at radius 2 is 2.38 bits per heavy atom. The number of hydrogen-bond donors (Lipinski definition) is 2. The highest BCUT2D eigenvalue weighted by Crippen LogP contribution is 2.24. The lowest BCUT2D eigenvalue weighted by Crippen LogP contribution is -2.35. The van der Waals surface area contributed by atoms with Gasteiger partial charge in [0.1, 0.15) is 0 Å². The number of nitrogens with two attached hydrogens (primary N) is 1. The molecule has 0 bridgehead atoms. The number of nitrogens with one attached hydrogen (secondary N) is 1. The minimum atomic E-state index is 0.278. The molecule has 1 heterocycles. The smallest absolute Gasteiger partial charge is 0.0376 e. The summed E-state index contributed by atoms with van der Waals surface area (Å²) in [6.45, 7) is 3.09. The van der Waals surface area contributed by atoms with Crippen molar-refractivity contribution in [3.63, 3.8) is 0 Å². The molecule has 0 aliphatic carbocycles. The van der Waals surface area contributed by atoms with Gasteiger partial charge in [0.2, 0.25) is 0 Å². The van der Waals surface area contributed by atoms with Crippen LogP contribution in [0.2, 0.25) is 0 Å². The molecule has 0 fully saturated rings. The Labute approximate surface area is 79.1 Å². The van der Waals surface area contributed by atoms with Gasteiger partial charge in [-0.2, -0.15) is 0 Å². The van der Waals surface area contributed by atoms with Crippen LogP contribution in [0.25, 0.3) is 0 Å². The van der Waals surface area contributed by atoms with E-state index in [4.69, 9.17) is 5.73 Å². The number of hydrogen-bond acceptors (Lipinski definition) is 2. The molecule has 0 spiro atoms. The Bertz CT molecular complexity index is 293. The summed E-state index contributed by atoms with van der Waals surface area (Å²) in [5, 5.41) is 3.36. The molecule has 2 heteroatoms. The second-order valence-electron chi connectivity index (χ2n) is 3.64. The summed E-state index contributed by atoms with van der Waals surface area (Å²) < 4.78 is 0. The Kier molecular flexibility index (Phi) is 2.23. The molecule has 0 radical (unpaired) electrons. The van der Waals surface area contributed by atoms with Gasteiger partial charge in [-0.25, -0.2) is 0 Å². The summed E-state index contributed by atoms with van der Waals surface area (Å²) in [6, 6.07) is 6.72. The van der Waals surface area contributed by atoms with Crippen LogP contribution in [0, 0.1) is 0 Å². The molecule has 2 rings (SSSR count). The minimum absolute atomic E-state index is 0.278. The van der Waals surface area contributed by atoms with Crippen molar-refractivity contribution in [2.45, 2.75) is 25.8 Å². The van der Waals surface area contributed by atoms with Crippen molar-refractivity contribution in [1.82, 2.24) is 0 Å². The molecule has 1 aromatic carbocycles. The van der Waals surface area contributed by atoms with Crippen molar-refractivity contribution < 1.29 is 0 Å². The zero-order valence-corrected chi connectivity index (χ0v) is 8.01. The molecule has 0 aromatic heterocycles. The van der Waals surface area contributed by atoms with E-state index >= 15 is 0 Å². The van der Waals surface area contributed by atoms with E-state index in [1.165, 1.54) is 16.8 Å². The maximum absolute atomic E-state index is 5.91. The Morgan fingerprint density at radius 3 is 3.15 bits per heavy atom. The van der Waals surface area contributed by atoms with Crippen molar-refractivity contribution in [3.8, 4) is 0 Å². The molecule has 13 heavy (non-hydrogen) atoms. The van der Waals surface area contributed by atoms with Gasteiger partial charge in [-0.1, -0.05) is 19.1 Å². The fourth-order valence-corrected chi connectivity index (χ4v) is 1.95. The summed E-state index contributed by atoms with van der Waals surface area (Å²) in [6.07, 6.45) is 2.11. The third-order valence-corrected chi connectivity index (χ3v) is 2.67. The van der Waals surface area contributed by atoms with E-state index in [1.807, 2.05) is 0 Å². The quantitative estimate of drug-likeness (QED) is 0.681. The molecule has 2 nitrogen and oxygen atoms in total. The fourth-order valence-electron chi connectivity index (χ4n) is 1.95. The van der Waals surface area contributed by atoms with Gasteiger partial charge < -0.3 is 11.1 Å². The Morgan fingerprint density at radius 1 is 1.54 bits per heavy atom. The molecule has 3 N–H and O–H groups in total. The summed E-state index contributed by atoms with van der Waals surface area (Å²) in [4.78, 5) is 0. The van der Waals surface area contributed by atoms with Crippen LogP contribution >= 0.6 is 0 Å². The average molecular weight is 176 g/mol. The lowest BCUT2D eigenvalue weighted by molar-refractivity contribution is 0.674. The second-order valence-corrected chi connectivity index (χ2v) is 3.64. The Hall–Kier alpha value is -1.02. The van der Waals surface area contributed by atoms with Crippen LogP contribution in [-0.2, 0) is 12.8 Å². The molecule has 1 aromatic rings. The maximum Gasteiger partial charge on any atom is 0.0376 e. The molecule has 1 aliphatic rings. The van der Waals surface area contributed by atoms with Crippen LogP contribution in [0.5, 0.6) is 0 Å². The van der Waals surface area contributed by atoms with Crippen LogP contribution in [0.4, 0.5) is 5.69 Å². The first-order valence-corrected chi connectivity index (χ1v) is 4.91. The minimum Gasteiger partial charge on any atom is -0.383 e. The van der Waals surface area contributed by atoms with Gasteiger partial charge in [-0.3, -0.25) is 0 Å². The largest absolute Gasteiger partial charge is 0.383 e. The average Bonchev–Trinajstić information content (AvgIpc) is 2.17. The molecule has 0 saturated heterocycles. The van der Waals surface area contributed by atoms with Gasteiger partial charge >= 0.3 is 0 Å². The van der Waals surface area contributed by atoms with E-state index in [2.05, 4.69) is 30.4 Å².